The summed E-state index contributed by atoms with van der Waals surface area (Å²) in [4.78, 5) is 0. The van der Waals surface area contributed by atoms with Crippen molar-refractivity contribution in [3.63, 3.8) is 0 Å². The van der Waals surface area contributed by atoms with Crippen LogP contribution in [0.2, 0.25) is 0 Å². The van der Waals surface area contributed by atoms with Crippen LogP contribution in [0.1, 0.15) is 58.2 Å². The van der Waals surface area contributed by atoms with Crippen LogP contribution in [-0.2, 0) is 10.8 Å². The summed E-state index contributed by atoms with van der Waals surface area (Å²) in [5.74, 6) is 0.748. The zero-order chi connectivity index (χ0) is 18.8. The first-order valence-corrected chi connectivity index (χ1v) is 8.52. The number of hydrogen-bond acceptors (Lipinski definition) is 4. The third kappa shape index (κ3) is 4.50. The van der Waals surface area contributed by atoms with Gasteiger partial charge in [0.05, 0.1) is 25.2 Å². The molecular weight excluding hydrogens is 304 g/mol. The highest BCUT2D eigenvalue weighted by Gasteiger charge is 2.33. The van der Waals surface area contributed by atoms with Crippen molar-refractivity contribution in [3.05, 3.63) is 28.8 Å². The Kier molecular flexibility index (Phi) is 6.48. The van der Waals surface area contributed by atoms with Gasteiger partial charge in [0.1, 0.15) is 12.4 Å². The molecule has 1 rings (SSSR count). The Hall–Kier alpha value is -1.10. The largest absolute Gasteiger partial charge is 0.492 e. The summed E-state index contributed by atoms with van der Waals surface area (Å²) in [7, 11) is 0. The zero-order valence-electron chi connectivity index (χ0n) is 16.2. The molecular formula is C20H34O4. The van der Waals surface area contributed by atoms with Crippen LogP contribution in [0.3, 0.4) is 0 Å². The third-order valence-electron chi connectivity index (χ3n) is 4.42. The van der Waals surface area contributed by atoms with E-state index >= 15 is 0 Å². The second-order valence-corrected chi connectivity index (χ2v) is 8.89. The van der Waals surface area contributed by atoms with E-state index in [9.17, 15) is 15.3 Å². The average Bonchev–Trinajstić information content (AvgIpc) is 2.47. The monoisotopic (exact) mass is 338 g/mol. The van der Waals surface area contributed by atoms with Gasteiger partial charge in [-0.2, -0.15) is 0 Å². The lowest BCUT2D eigenvalue weighted by molar-refractivity contribution is -0.0262. The lowest BCUT2D eigenvalue weighted by atomic mass is 9.73. The molecule has 0 saturated heterocycles. The maximum atomic E-state index is 9.51. The molecule has 0 fully saturated rings. The van der Waals surface area contributed by atoms with Gasteiger partial charge in [-0.15, -0.1) is 0 Å². The fourth-order valence-electron chi connectivity index (χ4n) is 3.04. The highest BCUT2D eigenvalue weighted by Crippen LogP contribution is 2.42. The predicted molar refractivity (Wildman–Crippen MR) is 97.8 cm³/mol. The van der Waals surface area contributed by atoms with Crippen molar-refractivity contribution in [2.45, 2.75) is 59.3 Å². The lowest BCUT2D eigenvalue weighted by Crippen LogP contribution is -2.40. The van der Waals surface area contributed by atoms with Crippen molar-refractivity contribution >= 4 is 0 Å². The van der Waals surface area contributed by atoms with E-state index in [1.54, 1.807) is 0 Å². The number of benzene rings is 1. The van der Waals surface area contributed by atoms with Crippen LogP contribution in [-0.4, -0.2) is 41.7 Å². The summed E-state index contributed by atoms with van der Waals surface area (Å²) in [5, 5.41) is 28.5. The van der Waals surface area contributed by atoms with Crippen LogP contribution < -0.4 is 4.74 Å². The number of aliphatic hydroxyl groups is 3. The Morgan fingerprint density at radius 1 is 0.792 bits per heavy atom. The van der Waals surface area contributed by atoms with Gasteiger partial charge in [-0.05, 0) is 34.9 Å². The van der Waals surface area contributed by atoms with Gasteiger partial charge in [0, 0.05) is 5.56 Å². The van der Waals surface area contributed by atoms with Crippen LogP contribution in [0, 0.1) is 12.3 Å². The predicted octanol–water partition coefficient (Wildman–Crippen LogP) is 2.93. The molecule has 0 saturated carbocycles. The summed E-state index contributed by atoms with van der Waals surface area (Å²) in [5.41, 5.74) is 2.42. The fourth-order valence-corrected chi connectivity index (χ4v) is 3.04. The summed E-state index contributed by atoms with van der Waals surface area (Å²) in [6.45, 7) is 14.2. The first-order valence-electron chi connectivity index (χ1n) is 8.52. The lowest BCUT2D eigenvalue weighted by Gasteiger charge is -2.35. The van der Waals surface area contributed by atoms with Gasteiger partial charge in [0.15, 0.2) is 0 Å². The Balaban J connectivity index is 3.40. The molecule has 0 aliphatic carbocycles. The van der Waals surface area contributed by atoms with E-state index in [1.807, 2.05) is 12.1 Å². The van der Waals surface area contributed by atoms with E-state index in [0.717, 1.165) is 11.3 Å². The molecule has 1 aromatic rings. The summed E-state index contributed by atoms with van der Waals surface area (Å²) in [6.07, 6.45) is 0. The molecule has 0 radical (unpaired) electrons. The van der Waals surface area contributed by atoms with Crippen molar-refractivity contribution < 1.29 is 20.1 Å². The van der Waals surface area contributed by atoms with Crippen molar-refractivity contribution in [3.8, 4) is 5.75 Å². The van der Waals surface area contributed by atoms with Gasteiger partial charge in [0.25, 0.3) is 0 Å². The number of aliphatic hydroxyl groups excluding tert-OH is 3. The standard InChI is InChI=1S/C20H34O4/c1-14-8-9-15(24-13-20(10-21,11-22)12-23)17(19(5,6)7)16(14)18(2,3)4/h8-9,21-23H,10-13H2,1-7H3. The zero-order valence-corrected chi connectivity index (χ0v) is 16.2. The van der Waals surface area contributed by atoms with E-state index in [2.05, 4.69) is 48.5 Å². The average molecular weight is 338 g/mol. The molecule has 0 aliphatic rings. The third-order valence-corrected chi connectivity index (χ3v) is 4.42. The number of hydrogen-bond donors (Lipinski definition) is 3. The molecule has 0 aromatic heterocycles. The molecule has 0 aliphatic heterocycles. The number of ether oxygens (including phenoxy) is 1. The molecule has 1 aromatic carbocycles. The van der Waals surface area contributed by atoms with E-state index in [1.165, 1.54) is 11.1 Å². The minimum absolute atomic E-state index is 0.0336. The minimum atomic E-state index is -1.04. The maximum Gasteiger partial charge on any atom is 0.123 e. The van der Waals surface area contributed by atoms with Crippen LogP contribution in [0.5, 0.6) is 5.75 Å². The Labute approximate surface area is 146 Å². The summed E-state index contributed by atoms with van der Waals surface area (Å²) < 4.78 is 6.01. The topological polar surface area (TPSA) is 69.9 Å². The van der Waals surface area contributed by atoms with Crippen molar-refractivity contribution in [1.29, 1.82) is 0 Å². The first kappa shape index (κ1) is 20.9. The molecule has 0 heterocycles. The Morgan fingerprint density at radius 3 is 1.62 bits per heavy atom. The maximum absolute atomic E-state index is 9.51. The fraction of sp³-hybridized carbons (Fsp3) is 0.700. The van der Waals surface area contributed by atoms with Crippen LogP contribution in [0.4, 0.5) is 0 Å². The highest BCUT2D eigenvalue weighted by molar-refractivity contribution is 5.51. The Morgan fingerprint density at radius 2 is 1.25 bits per heavy atom. The highest BCUT2D eigenvalue weighted by atomic mass is 16.5. The van der Waals surface area contributed by atoms with E-state index < -0.39 is 5.41 Å². The van der Waals surface area contributed by atoms with Crippen LogP contribution >= 0.6 is 0 Å². The number of aryl methyl sites for hydroxylation is 1. The van der Waals surface area contributed by atoms with Gasteiger partial charge in [-0.1, -0.05) is 47.6 Å². The van der Waals surface area contributed by atoms with Crippen molar-refractivity contribution in [2.75, 3.05) is 26.4 Å². The van der Waals surface area contributed by atoms with Gasteiger partial charge in [0.2, 0.25) is 0 Å². The van der Waals surface area contributed by atoms with Crippen molar-refractivity contribution in [2.24, 2.45) is 5.41 Å². The van der Waals surface area contributed by atoms with Crippen LogP contribution in [0.15, 0.2) is 12.1 Å². The van der Waals surface area contributed by atoms with Gasteiger partial charge in [-0.3, -0.25) is 0 Å². The van der Waals surface area contributed by atoms with E-state index in [-0.39, 0.29) is 37.3 Å². The molecule has 4 nitrogen and oxygen atoms in total. The second kappa shape index (κ2) is 7.42. The molecule has 0 atom stereocenters. The molecule has 4 heteroatoms. The van der Waals surface area contributed by atoms with Gasteiger partial charge in [-0.25, -0.2) is 0 Å². The summed E-state index contributed by atoms with van der Waals surface area (Å²) >= 11 is 0. The van der Waals surface area contributed by atoms with Crippen molar-refractivity contribution in [1.82, 2.24) is 0 Å². The molecule has 0 bridgehead atoms. The molecule has 24 heavy (non-hydrogen) atoms. The normalized spacial score (nSPS) is 13.2. The van der Waals surface area contributed by atoms with E-state index in [4.69, 9.17) is 4.74 Å². The molecule has 138 valence electrons. The van der Waals surface area contributed by atoms with Gasteiger partial charge < -0.3 is 20.1 Å². The molecule has 3 N–H and O–H groups in total. The molecule has 0 amide bonds. The van der Waals surface area contributed by atoms with E-state index in [0.29, 0.717) is 0 Å². The van der Waals surface area contributed by atoms with Gasteiger partial charge >= 0.3 is 0 Å². The smallest absolute Gasteiger partial charge is 0.123 e. The molecule has 0 spiro atoms. The SMILES string of the molecule is Cc1ccc(OCC(CO)(CO)CO)c(C(C)(C)C)c1C(C)(C)C. The quantitative estimate of drug-likeness (QED) is 0.746. The number of rotatable bonds is 6. The second-order valence-electron chi connectivity index (χ2n) is 8.89. The summed E-state index contributed by atoms with van der Waals surface area (Å²) in [6, 6.07) is 3.99. The van der Waals surface area contributed by atoms with Crippen LogP contribution in [0.25, 0.3) is 0 Å². The first-order chi connectivity index (χ1) is 10.9. The molecule has 0 unspecified atom stereocenters. The minimum Gasteiger partial charge on any atom is -0.492 e. The Bertz CT molecular complexity index is 538.